The van der Waals surface area contributed by atoms with Gasteiger partial charge in [-0.15, -0.1) is 0 Å². The molecule has 0 saturated heterocycles. The molecule has 0 saturated carbocycles. The Hall–Kier alpha value is -2.61. The van der Waals surface area contributed by atoms with Crippen LogP contribution in [0.2, 0.25) is 0 Å². The first-order valence-corrected chi connectivity index (χ1v) is 6.21. The van der Waals surface area contributed by atoms with Crippen molar-refractivity contribution in [2.24, 2.45) is 0 Å². The fourth-order valence-electron chi connectivity index (χ4n) is 1.58. The van der Waals surface area contributed by atoms with Gasteiger partial charge < -0.3 is 10.5 Å². The summed E-state index contributed by atoms with van der Waals surface area (Å²) in [5.74, 6) is 1.89. The van der Waals surface area contributed by atoms with Crippen LogP contribution in [0, 0.1) is 11.3 Å². The van der Waals surface area contributed by atoms with Gasteiger partial charge in [0.05, 0.1) is 11.6 Å². The Morgan fingerprint density at radius 3 is 2.60 bits per heavy atom. The molecular formula is C15H16N4O. The van der Waals surface area contributed by atoms with Crippen molar-refractivity contribution in [1.82, 2.24) is 9.97 Å². The lowest BCUT2D eigenvalue weighted by Gasteiger charge is -2.17. The molecule has 1 aromatic carbocycles. The van der Waals surface area contributed by atoms with E-state index in [2.05, 4.69) is 16.0 Å². The summed E-state index contributed by atoms with van der Waals surface area (Å²) in [6.45, 7) is 6.01. The van der Waals surface area contributed by atoms with Crippen LogP contribution in [-0.2, 0) is 5.41 Å². The summed E-state index contributed by atoms with van der Waals surface area (Å²) in [6, 6.07) is 10.5. The highest BCUT2D eigenvalue weighted by Crippen LogP contribution is 2.25. The van der Waals surface area contributed by atoms with Crippen molar-refractivity contribution in [3.63, 3.8) is 0 Å². The second-order valence-corrected chi connectivity index (χ2v) is 5.45. The van der Waals surface area contributed by atoms with E-state index in [4.69, 9.17) is 15.7 Å². The van der Waals surface area contributed by atoms with Gasteiger partial charge in [0.2, 0.25) is 5.88 Å². The van der Waals surface area contributed by atoms with Crippen molar-refractivity contribution in [1.29, 1.82) is 5.26 Å². The molecular weight excluding hydrogens is 252 g/mol. The fraction of sp³-hybridized carbons (Fsp3) is 0.267. The number of ether oxygens (including phenoxy) is 1. The highest BCUT2D eigenvalue weighted by molar-refractivity contribution is 5.40. The molecule has 20 heavy (non-hydrogen) atoms. The van der Waals surface area contributed by atoms with Gasteiger partial charge in [0, 0.05) is 11.5 Å². The standard InChI is InChI=1S/C15H16N4O/c1-15(2,3)14-18-12(17)8-13(19-14)20-11-6-4-5-10(7-11)9-16/h4-8H,1-3H3,(H2,17,18,19). The van der Waals surface area contributed by atoms with Crippen LogP contribution in [0.5, 0.6) is 11.6 Å². The third kappa shape index (κ3) is 3.23. The molecule has 5 nitrogen and oxygen atoms in total. The molecule has 0 bridgehead atoms. The molecule has 0 aliphatic rings. The van der Waals surface area contributed by atoms with Crippen molar-refractivity contribution in [3.8, 4) is 17.7 Å². The summed E-state index contributed by atoms with van der Waals surface area (Å²) in [5.41, 5.74) is 6.09. The van der Waals surface area contributed by atoms with Crippen molar-refractivity contribution < 1.29 is 4.74 Å². The van der Waals surface area contributed by atoms with Crippen LogP contribution < -0.4 is 10.5 Å². The minimum Gasteiger partial charge on any atom is -0.439 e. The molecule has 0 unspecified atom stereocenters. The van der Waals surface area contributed by atoms with Gasteiger partial charge >= 0.3 is 0 Å². The van der Waals surface area contributed by atoms with Gasteiger partial charge in [-0.25, -0.2) is 4.98 Å². The van der Waals surface area contributed by atoms with Crippen LogP contribution in [0.4, 0.5) is 5.82 Å². The summed E-state index contributed by atoms with van der Waals surface area (Å²) >= 11 is 0. The van der Waals surface area contributed by atoms with Gasteiger partial charge in [-0.1, -0.05) is 26.8 Å². The Morgan fingerprint density at radius 1 is 1.20 bits per heavy atom. The van der Waals surface area contributed by atoms with Crippen molar-refractivity contribution >= 4 is 5.82 Å². The van der Waals surface area contributed by atoms with Crippen LogP contribution in [0.1, 0.15) is 32.2 Å². The third-order valence-electron chi connectivity index (χ3n) is 2.58. The van der Waals surface area contributed by atoms with E-state index < -0.39 is 0 Å². The first-order valence-electron chi connectivity index (χ1n) is 6.21. The predicted octanol–water partition coefficient (Wildman–Crippen LogP) is 3.02. The Morgan fingerprint density at radius 2 is 1.95 bits per heavy atom. The zero-order chi connectivity index (χ0) is 14.8. The number of hydrogen-bond donors (Lipinski definition) is 1. The molecule has 0 fully saturated rings. The van der Waals surface area contributed by atoms with Crippen LogP contribution >= 0.6 is 0 Å². The first kappa shape index (κ1) is 13.8. The minimum absolute atomic E-state index is 0.220. The predicted molar refractivity (Wildman–Crippen MR) is 76.4 cm³/mol. The summed E-state index contributed by atoms with van der Waals surface area (Å²) < 4.78 is 5.66. The van der Waals surface area contributed by atoms with E-state index in [1.165, 1.54) is 0 Å². The third-order valence-corrected chi connectivity index (χ3v) is 2.58. The maximum atomic E-state index is 8.87. The number of anilines is 1. The van der Waals surface area contributed by atoms with Crippen molar-refractivity contribution in [2.45, 2.75) is 26.2 Å². The van der Waals surface area contributed by atoms with Crippen LogP contribution in [-0.4, -0.2) is 9.97 Å². The molecule has 0 amide bonds. The highest BCUT2D eigenvalue weighted by Gasteiger charge is 2.19. The van der Waals surface area contributed by atoms with Gasteiger partial charge in [-0.2, -0.15) is 10.2 Å². The van der Waals surface area contributed by atoms with Gasteiger partial charge in [-0.05, 0) is 18.2 Å². The summed E-state index contributed by atoms with van der Waals surface area (Å²) in [6.07, 6.45) is 0. The first-order chi connectivity index (χ1) is 9.38. The summed E-state index contributed by atoms with van der Waals surface area (Å²) in [4.78, 5) is 8.57. The quantitative estimate of drug-likeness (QED) is 0.904. The fourth-order valence-corrected chi connectivity index (χ4v) is 1.58. The van der Waals surface area contributed by atoms with Crippen molar-refractivity contribution in [3.05, 3.63) is 41.7 Å². The second kappa shape index (κ2) is 5.17. The van der Waals surface area contributed by atoms with E-state index in [0.29, 0.717) is 28.8 Å². The molecule has 5 heteroatoms. The summed E-state index contributed by atoms with van der Waals surface area (Å²) in [5, 5.41) is 8.87. The molecule has 0 spiro atoms. The zero-order valence-corrected chi connectivity index (χ0v) is 11.7. The maximum Gasteiger partial charge on any atom is 0.224 e. The van der Waals surface area contributed by atoms with Crippen LogP contribution in [0.15, 0.2) is 30.3 Å². The SMILES string of the molecule is CC(C)(C)c1nc(N)cc(Oc2cccc(C#N)c2)n1. The molecule has 0 aliphatic heterocycles. The van der Waals surface area contributed by atoms with Gasteiger partial charge in [0.15, 0.2) is 0 Å². The largest absolute Gasteiger partial charge is 0.439 e. The van der Waals surface area contributed by atoms with Gasteiger partial charge in [0.1, 0.15) is 17.4 Å². The lowest BCUT2D eigenvalue weighted by Crippen LogP contribution is -2.17. The smallest absolute Gasteiger partial charge is 0.224 e. The monoisotopic (exact) mass is 268 g/mol. The molecule has 2 aromatic rings. The van der Waals surface area contributed by atoms with Crippen LogP contribution in [0.25, 0.3) is 0 Å². The second-order valence-electron chi connectivity index (χ2n) is 5.45. The molecule has 1 heterocycles. The Labute approximate surface area is 118 Å². The number of nitrogen functional groups attached to an aromatic ring is 1. The molecule has 0 atom stereocenters. The minimum atomic E-state index is -0.220. The molecule has 2 rings (SSSR count). The Kier molecular flexibility index (Phi) is 3.57. The molecule has 0 aliphatic carbocycles. The topological polar surface area (TPSA) is 84.8 Å². The number of aromatic nitrogens is 2. The number of nitriles is 1. The van der Waals surface area contributed by atoms with E-state index in [0.717, 1.165) is 0 Å². The summed E-state index contributed by atoms with van der Waals surface area (Å²) in [7, 11) is 0. The van der Waals surface area contributed by atoms with E-state index in [1.807, 2.05) is 20.8 Å². The number of nitrogens with zero attached hydrogens (tertiary/aromatic N) is 3. The molecule has 102 valence electrons. The number of rotatable bonds is 2. The van der Waals surface area contributed by atoms with E-state index >= 15 is 0 Å². The lowest BCUT2D eigenvalue weighted by molar-refractivity contribution is 0.446. The van der Waals surface area contributed by atoms with Gasteiger partial charge in [0.25, 0.3) is 0 Å². The van der Waals surface area contributed by atoms with Crippen LogP contribution in [0.3, 0.4) is 0 Å². The van der Waals surface area contributed by atoms with E-state index in [-0.39, 0.29) is 5.41 Å². The average Bonchev–Trinajstić information content (AvgIpc) is 2.37. The normalized spacial score (nSPS) is 10.9. The Balaban J connectivity index is 2.34. The van der Waals surface area contributed by atoms with Gasteiger partial charge in [-0.3, -0.25) is 0 Å². The number of nitrogens with two attached hydrogens (primary N) is 1. The van der Waals surface area contributed by atoms with E-state index in [9.17, 15) is 0 Å². The number of hydrogen-bond acceptors (Lipinski definition) is 5. The highest BCUT2D eigenvalue weighted by atomic mass is 16.5. The molecule has 2 N–H and O–H groups in total. The Bertz CT molecular complexity index is 668. The number of benzene rings is 1. The average molecular weight is 268 g/mol. The van der Waals surface area contributed by atoms with Crippen molar-refractivity contribution in [2.75, 3.05) is 5.73 Å². The zero-order valence-electron chi connectivity index (χ0n) is 11.7. The molecule has 0 radical (unpaired) electrons. The maximum absolute atomic E-state index is 8.87. The molecule has 1 aromatic heterocycles. The lowest BCUT2D eigenvalue weighted by atomic mass is 9.96. The van der Waals surface area contributed by atoms with E-state index in [1.54, 1.807) is 30.3 Å².